The van der Waals surface area contributed by atoms with Crippen molar-refractivity contribution in [3.05, 3.63) is 0 Å². The third kappa shape index (κ3) is 31.3. The number of hydrogen-bond acceptors (Lipinski definition) is 7. The van der Waals surface area contributed by atoms with Crippen LogP contribution < -0.4 is 5.32 Å². The number of aliphatic hydroxyl groups is 1. The molecule has 6 N–H and O–H groups in total. The summed E-state index contributed by atoms with van der Waals surface area (Å²) in [6.45, 7) is 6.80. The Balaban J connectivity index is -0.000000274. The van der Waals surface area contributed by atoms with Crippen LogP contribution >= 0.6 is 31.1 Å². The van der Waals surface area contributed by atoms with E-state index in [0.717, 1.165) is 25.0 Å². The van der Waals surface area contributed by atoms with E-state index >= 15 is 0 Å². The van der Waals surface area contributed by atoms with E-state index in [0.29, 0.717) is 32.8 Å². The van der Waals surface area contributed by atoms with Gasteiger partial charge in [0.1, 0.15) is 0 Å². The molecule has 170 valence electrons. The zero-order valence-corrected chi connectivity index (χ0v) is 19.8. The van der Waals surface area contributed by atoms with Gasteiger partial charge in [0.05, 0.1) is 19.8 Å². The van der Waals surface area contributed by atoms with E-state index in [4.69, 9.17) is 14.6 Å². The van der Waals surface area contributed by atoms with Gasteiger partial charge in [-0.05, 0) is 42.6 Å². The fraction of sp³-hybridized carbons (Fsp3) is 0.938. The molecule has 0 spiro atoms. The summed E-state index contributed by atoms with van der Waals surface area (Å²) in [5, 5.41) is 11.6. The SMILES string of the molecule is COCCOCCNC(=O)CCC(C)(C)SSCCCCO.COP.O.O.[HH]. The van der Waals surface area contributed by atoms with Crippen LogP contribution in [0.4, 0.5) is 0 Å². The van der Waals surface area contributed by atoms with E-state index in [2.05, 4.69) is 33.2 Å². The lowest BCUT2D eigenvalue weighted by Gasteiger charge is -2.22. The third-order valence-electron chi connectivity index (χ3n) is 2.87. The van der Waals surface area contributed by atoms with E-state index in [1.807, 2.05) is 21.6 Å². The highest BCUT2D eigenvalue weighted by Crippen LogP contribution is 2.39. The number of ether oxygens (including phenoxy) is 2. The maximum absolute atomic E-state index is 11.8. The van der Waals surface area contributed by atoms with Crippen molar-refractivity contribution in [2.45, 2.75) is 44.3 Å². The third-order valence-corrected chi connectivity index (χ3v) is 6.31. The molecule has 0 saturated heterocycles. The van der Waals surface area contributed by atoms with Gasteiger partial charge >= 0.3 is 0 Å². The highest BCUT2D eigenvalue weighted by Gasteiger charge is 2.20. The zero-order valence-electron chi connectivity index (χ0n) is 17.0. The number of rotatable bonds is 15. The molecule has 0 rings (SSSR count). The molecular weight excluding hydrogens is 413 g/mol. The molecule has 0 aliphatic rings. The van der Waals surface area contributed by atoms with Gasteiger partial charge in [0.2, 0.25) is 5.91 Å². The van der Waals surface area contributed by atoms with Crippen molar-refractivity contribution in [2.75, 3.05) is 52.9 Å². The lowest BCUT2D eigenvalue weighted by molar-refractivity contribution is -0.121. The first-order valence-corrected chi connectivity index (χ1v) is 11.2. The Morgan fingerprint density at radius 1 is 1.19 bits per heavy atom. The minimum atomic E-state index is 0. The van der Waals surface area contributed by atoms with Crippen LogP contribution in [0.1, 0.15) is 41.0 Å². The standard InChI is InChI=1S/C15H31NO4S2.CH5OP.2H2O.H2/c1-15(2,22-21-13-5-4-9-17)7-6-14(18)16-8-10-20-12-11-19-3;1-2-3;;;/h17H,4-13H2,1-3H3,(H,16,18);3H2,1H3;2*1H2;1H. The summed E-state index contributed by atoms with van der Waals surface area (Å²) >= 11 is 0. The lowest BCUT2D eigenvalue weighted by atomic mass is 10.1. The number of carbonyl (C=O) groups is 1. The van der Waals surface area contributed by atoms with Crippen molar-refractivity contribution in [2.24, 2.45) is 0 Å². The van der Waals surface area contributed by atoms with E-state index in [-0.39, 0.29) is 29.6 Å². The van der Waals surface area contributed by atoms with Crippen molar-refractivity contribution in [3.63, 3.8) is 0 Å². The molecule has 0 saturated carbocycles. The molecular formula is C16H42NO7PS2. The number of nitrogens with one attached hydrogen (secondary N) is 1. The normalized spacial score (nSPS) is 10.1. The van der Waals surface area contributed by atoms with Crippen LogP contribution in [-0.4, -0.2) is 79.7 Å². The Morgan fingerprint density at radius 3 is 2.37 bits per heavy atom. The van der Waals surface area contributed by atoms with Crippen molar-refractivity contribution in [1.82, 2.24) is 5.32 Å². The second-order valence-corrected chi connectivity index (χ2v) is 9.38. The van der Waals surface area contributed by atoms with Crippen LogP contribution in [0.3, 0.4) is 0 Å². The topological polar surface area (TPSA) is 140 Å². The molecule has 0 aromatic carbocycles. The van der Waals surface area contributed by atoms with Gasteiger partial charge in [-0.15, -0.1) is 0 Å². The molecule has 0 fully saturated rings. The van der Waals surface area contributed by atoms with Gasteiger partial charge in [0, 0.05) is 45.7 Å². The maximum atomic E-state index is 11.8. The van der Waals surface area contributed by atoms with Crippen LogP contribution in [0.25, 0.3) is 0 Å². The average Bonchev–Trinajstić information content (AvgIpc) is 2.57. The summed E-state index contributed by atoms with van der Waals surface area (Å²) in [6, 6.07) is 0. The largest absolute Gasteiger partial charge is 0.412 e. The molecule has 27 heavy (non-hydrogen) atoms. The fourth-order valence-corrected chi connectivity index (χ4v) is 4.25. The number of aliphatic hydroxyl groups excluding tert-OH is 1. The Labute approximate surface area is 176 Å². The van der Waals surface area contributed by atoms with Crippen LogP contribution in [0.2, 0.25) is 0 Å². The van der Waals surface area contributed by atoms with E-state index < -0.39 is 0 Å². The molecule has 8 nitrogen and oxygen atoms in total. The summed E-state index contributed by atoms with van der Waals surface area (Å²) in [6.07, 6.45) is 3.28. The van der Waals surface area contributed by atoms with E-state index in [1.165, 1.54) is 0 Å². The van der Waals surface area contributed by atoms with Crippen molar-refractivity contribution in [3.8, 4) is 0 Å². The number of carbonyl (C=O) groups excluding carboxylic acids is 1. The molecule has 0 aromatic rings. The minimum Gasteiger partial charge on any atom is -0.412 e. The van der Waals surface area contributed by atoms with Crippen LogP contribution in [0, 0.1) is 0 Å². The summed E-state index contributed by atoms with van der Waals surface area (Å²) < 4.78 is 14.4. The number of hydrogen-bond donors (Lipinski definition) is 2. The molecule has 0 bridgehead atoms. The quantitative estimate of drug-likeness (QED) is 0.217. The smallest absolute Gasteiger partial charge is 0.220 e. The van der Waals surface area contributed by atoms with Gasteiger partial charge in [-0.25, -0.2) is 0 Å². The highest BCUT2D eigenvalue weighted by atomic mass is 33.1. The molecule has 1 unspecified atom stereocenters. The number of amides is 1. The van der Waals surface area contributed by atoms with Crippen molar-refractivity contribution < 1.29 is 36.3 Å². The van der Waals surface area contributed by atoms with Crippen LogP contribution in [-0.2, 0) is 18.8 Å². The van der Waals surface area contributed by atoms with Gasteiger partial charge < -0.3 is 35.4 Å². The maximum Gasteiger partial charge on any atom is 0.220 e. The van der Waals surface area contributed by atoms with Gasteiger partial charge in [0.25, 0.3) is 0 Å². The minimum absolute atomic E-state index is 0. The molecule has 11 heteroatoms. The molecule has 0 heterocycles. The van der Waals surface area contributed by atoms with Gasteiger partial charge in [-0.3, -0.25) is 4.79 Å². The Kier molecular flexibility index (Phi) is 34.0. The monoisotopic (exact) mass is 455 g/mol. The number of unbranched alkanes of at least 4 members (excludes halogenated alkanes) is 1. The van der Waals surface area contributed by atoms with Crippen LogP contribution in [0.15, 0.2) is 0 Å². The van der Waals surface area contributed by atoms with Crippen molar-refractivity contribution >= 4 is 37.0 Å². The second-order valence-electron chi connectivity index (χ2n) is 5.79. The van der Waals surface area contributed by atoms with Gasteiger partial charge in [0.15, 0.2) is 0 Å². The molecule has 0 aliphatic carbocycles. The molecule has 1 amide bonds. The van der Waals surface area contributed by atoms with Gasteiger partial charge in [-0.1, -0.05) is 21.6 Å². The molecule has 0 aromatic heterocycles. The number of methoxy groups -OCH3 is 1. The Morgan fingerprint density at radius 2 is 1.81 bits per heavy atom. The van der Waals surface area contributed by atoms with Crippen molar-refractivity contribution in [1.29, 1.82) is 0 Å². The first-order valence-electron chi connectivity index (χ1n) is 8.41. The first-order chi connectivity index (χ1) is 11.9. The molecule has 0 aliphatic heterocycles. The highest BCUT2D eigenvalue weighted by molar-refractivity contribution is 8.77. The summed E-state index contributed by atoms with van der Waals surface area (Å²) in [5.41, 5.74) is 0. The Bertz CT molecular complexity index is 310. The summed E-state index contributed by atoms with van der Waals surface area (Å²) in [4.78, 5) is 11.8. The first kappa shape index (κ1) is 34.8. The fourth-order valence-electron chi connectivity index (χ4n) is 1.53. The second kappa shape index (κ2) is 26.4. The molecule has 0 radical (unpaired) electrons. The van der Waals surface area contributed by atoms with E-state index in [1.54, 1.807) is 14.2 Å². The Hall–Kier alpha value is 0.360. The van der Waals surface area contributed by atoms with Gasteiger partial charge in [-0.2, -0.15) is 0 Å². The van der Waals surface area contributed by atoms with E-state index in [9.17, 15) is 4.79 Å². The predicted molar refractivity (Wildman–Crippen MR) is 121 cm³/mol. The summed E-state index contributed by atoms with van der Waals surface area (Å²) in [7, 11) is 8.95. The lowest BCUT2D eigenvalue weighted by Crippen LogP contribution is -2.29. The summed E-state index contributed by atoms with van der Waals surface area (Å²) in [5.74, 6) is 1.12. The predicted octanol–water partition coefficient (Wildman–Crippen LogP) is 1.50. The average molecular weight is 456 g/mol. The zero-order chi connectivity index (χ0) is 19.4. The molecule has 1 atom stereocenters. The van der Waals surface area contributed by atoms with Crippen LogP contribution in [0.5, 0.6) is 0 Å².